The highest BCUT2D eigenvalue weighted by Gasteiger charge is 2.33. The summed E-state index contributed by atoms with van der Waals surface area (Å²) >= 11 is 0. The maximum Gasteiger partial charge on any atom is 0.416 e. The predicted octanol–water partition coefficient (Wildman–Crippen LogP) is 3.21. The summed E-state index contributed by atoms with van der Waals surface area (Å²) in [5.41, 5.74) is 1.35. The molecule has 0 fully saturated rings. The molecule has 1 aromatic heterocycles. The Balaban J connectivity index is 2.19. The molecule has 0 amide bonds. The van der Waals surface area contributed by atoms with Gasteiger partial charge in [0.25, 0.3) is 0 Å². The number of benzene rings is 1. The fourth-order valence-electron chi connectivity index (χ4n) is 2.83. The molecule has 0 atom stereocenters. The molecule has 28 heavy (non-hydrogen) atoms. The number of ether oxygens (including phenoxy) is 1. The minimum atomic E-state index is -4.47. The maximum absolute atomic E-state index is 13.6. The van der Waals surface area contributed by atoms with E-state index < -0.39 is 11.7 Å². The van der Waals surface area contributed by atoms with E-state index in [1.165, 1.54) is 10.7 Å². The number of aliphatic imine (C=N–C) groups is 1. The van der Waals surface area contributed by atoms with E-state index in [2.05, 4.69) is 20.7 Å². The monoisotopic (exact) mass is 397 g/mol. The molecule has 0 aliphatic rings. The number of nitrogens with one attached hydrogen (secondary N) is 2. The molecule has 0 aliphatic carbocycles. The smallest absolute Gasteiger partial charge is 0.385 e. The van der Waals surface area contributed by atoms with Crippen LogP contribution in [0.3, 0.4) is 0 Å². The van der Waals surface area contributed by atoms with Crippen LogP contribution in [0.15, 0.2) is 29.3 Å². The molecule has 0 unspecified atom stereocenters. The van der Waals surface area contributed by atoms with Crippen molar-refractivity contribution < 1.29 is 17.9 Å². The van der Waals surface area contributed by atoms with E-state index in [1.54, 1.807) is 27.1 Å². The van der Waals surface area contributed by atoms with Crippen LogP contribution in [-0.2, 0) is 17.5 Å². The van der Waals surface area contributed by atoms with Gasteiger partial charge in [-0.3, -0.25) is 4.99 Å². The molecular weight excluding hydrogens is 371 g/mol. The van der Waals surface area contributed by atoms with Gasteiger partial charge >= 0.3 is 6.18 Å². The largest absolute Gasteiger partial charge is 0.416 e. The molecule has 154 valence electrons. The van der Waals surface area contributed by atoms with Gasteiger partial charge in [0.2, 0.25) is 0 Å². The first-order valence-corrected chi connectivity index (χ1v) is 8.93. The van der Waals surface area contributed by atoms with Crippen LogP contribution in [0.2, 0.25) is 0 Å². The van der Waals surface area contributed by atoms with Gasteiger partial charge in [-0.1, -0.05) is 6.07 Å². The van der Waals surface area contributed by atoms with Crippen LogP contribution < -0.4 is 10.6 Å². The average Bonchev–Trinajstić information content (AvgIpc) is 2.98. The summed E-state index contributed by atoms with van der Waals surface area (Å²) in [5, 5.41) is 10.2. The third-order valence-electron chi connectivity index (χ3n) is 4.14. The van der Waals surface area contributed by atoms with Crippen molar-refractivity contribution in [3.63, 3.8) is 0 Å². The highest BCUT2D eigenvalue weighted by Crippen LogP contribution is 2.33. The number of methoxy groups -OCH3 is 1. The quantitative estimate of drug-likeness (QED) is 0.428. The molecule has 0 radical (unpaired) electrons. The number of nitrogens with zero attached hydrogens (tertiary/aromatic N) is 3. The second-order valence-corrected chi connectivity index (χ2v) is 6.38. The highest BCUT2D eigenvalue weighted by molar-refractivity contribution is 5.79. The topological polar surface area (TPSA) is 63.5 Å². The third kappa shape index (κ3) is 5.72. The number of aromatic nitrogens is 2. The van der Waals surface area contributed by atoms with Crippen LogP contribution in [0.1, 0.15) is 28.9 Å². The zero-order chi connectivity index (χ0) is 20.7. The molecule has 9 heteroatoms. The molecule has 0 aliphatic heterocycles. The summed E-state index contributed by atoms with van der Waals surface area (Å²) in [7, 11) is 3.18. The van der Waals surface area contributed by atoms with E-state index in [-0.39, 0.29) is 12.1 Å². The van der Waals surface area contributed by atoms with E-state index in [4.69, 9.17) is 4.74 Å². The summed E-state index contributed by atoms with van der Waals surface area (Å²) in [4.78, 5) is 4.03. The number of rotatable bonds is 7. The third-order valence-corrected chi connectivity index (χ3v) is 4.14. The van der Waals surface area contributed by atoms with Crippen molar-refractivity contribution in [3.05, 3.63) is 46.8 Å². The number of halogens is 3. The summed E-state index contributed by atoms with van der Waals surface area (Å²) in [5.74, 6) is 0.437. The summed E-state index contributed by atoms with van der Waals surface area (Å²) in [6, 6.07) is 6.06. The number of hydrogen-bond acceptors (Lipinski definition) is 3. The van der Waals surface area contributed by atoms with Crippen LogP contribution in [-0.4, -0.2) is 43.0 Å². The molecule has 1 aromatic carbocycles. The molecule has 2 N–H and O–H groups in total. The molecule has 1 heterocycles. The fraction of sp³-hybridized carbons (Fsp3) is 0.474. The van der Waals surface area contributed by atoms with Crippen molar-refractivity contribution in [2.24, 2.45) is 4.99 Å². The van der Waals surface area contributed by atoms with Crippen LogP contribution in [0.5, 0.6) is 0 Å². The standard InChI is InChI=1S/C19H26F3N5O/c1-13-10-14(2)27(26-13)16-7-6-15(17(11-16)19(20,21)22)12-25-18(23-3)24-8-5-9-28-4/h6-7,10-11H,5,8-9,12H2,1-4H3,(H2,23,24,25). The Hall–Kier alpha value is -2.55. The van der Waals surface area contributed by atoms with E-state index in [0.717, 1.165) is 23.9 Å². The summed E-state index contributed by atoms with van der Waals surface area (Å²) < 4.78 is 47.4. The van der Waals surface area contributed by atoms with Gasteiger partial charge in [-0.2, -0.15) is 18.3 Å². The Morgan fingerprint density at radius 2 is 1.96 bits per heavy atom. The van der Waals surface area contributed by atoms with Gasteiger partial charge in [-0.25, -0.2) is 4.68 Å². The van der Waals surface area contributed by atoms with Crippen molar-refractivity contribution in [1.82, 2.24) is 20.4 Å². The first-order valence-electron chi connectivity index (χ1n) is 8.93. The zero-order valence-electron chi connectivity index (χ0n) is 16.5. The second kappa shape index (κ2) is 9.59. The minimum Gasteiger partial charge on any atom is -0.385 e. The van der Waals surface area contributed by atoms with Crippen molar-refractivity contribution in [2.75, 3.05) is 27.3 Å². The summed E-state index contributed by atoms with van der Waals surface area (Å²) in [6.07, 6.45) is -3.71. The Morgan fingerprint density at radius 3 is 2.54 bits per heavy atom. The first kappa shape index (κ1) is 21.7. The van der Waals surface area contributed by atoms with E-state index in [0.29, 0.717) is 24.8 Å². The molecule has 0 spiro atoms. The SMILES string of the molecule is CN=C(NCCCOC)NCc1ccc(-n2nc(C)cc2C)cc1C(F)(F)F. The highest BCUT2D eigenvalue weighted by atomic mass is 19.4. The van der Waals surface area contributed by atoms with Crippen LogP contribution in [0.25, 0.3) is 5.69 Å². The number of alkyl halides is 3. The average molecular weight is 397 g/mol. The summed E-state index contributed by atoms with van der Waals surface area (Å²) in [6.45, 7) is 4.81. The normalized spacial score (nSPS) is 12.3. The Bertz CT molecular complexity index is 814. The van der Waals surface area contributed by atoms with Crippen molar-refractivity contribution >= 4 is 5.96 Å². The number of hydrogen-bond donors (Lipinski definition) is 2. The Morgan fingerprint density at radius 1 is 1.21 bits per heavy atom. The van der Waals surface area contributed by atoms with E-state index >= 15 is 0 Å². The van der Waals surface area contributed by atoms with Crippen molar-refractivity contribution in [3.8, 4) is 5.69 Å². The van der Waals surface area contributed by atoms with Crippen molar-refractivity contribution in [1.29, 1.82) is 0 Å². The molecule has 0 saturated heterocycles. The molecule has 6 nitrogen and oxygen atoms in total. The number of aryl methyl sites for hydroxylation is 2. The molecule has 2 rings (SSSR count). The Labute approximate surface area is 162 Å². The maximum atomic E-state index is 13.6. The van der Waals surface area contributed by atoms with Crippen LogP contribution >= 0.6 is 0 Å². The van der Waals surface area contributed by atoms with E-state index in [9.17, 15) is 13.2 Å². The fourth-order valence-corrected chi connectivity index (χ4v) is 2.83. The zero-order valence-corrected chi connectivity index (χ0v) is 16.5. The van der Waals surface area contributed by atoms with Crippen LogP contribution in [0.4, 0.5) is 13.2 Å². The second-order valence-electron chi connectivity index (χ2n) is 6.38. The van der Waals surface area contributed by atoms with Gasteiger partial charge in [0.15, 0.2) is 5.96 Å². The van der Waals surface area contributed by atoms with Gasteiger partial charge in [-0.15, -0.1) is 0 Å². The van der Waals surface area contributed by atoms with Crippen LogP contribution in [0, 0.1) is 13.8 Å². The predicted molar refractivity (Wildman–Crippen MR) is 103 cm³/mol. The van der Waals surface area contributed by atoms with Gasteiger partial charge in [0.1, 0.15) is 0 Å². The molecular formula is C19H26F3N5O. The Kier molecular flexibility index (Phi) is 7.45. The molecule has 2 aromatic rings. The van der Waals surface area contributed by atoms with Gasteiger partial charge in [-0.05, 0) is 44.0 Å². The number of guanidine groups is 1. The molecule has 0 bridgehead atoms. The first-order chi connectivity index (χ1) is 13.3. The lowest BCUT2D eigenvalue weighted by Gasteiger charge is -2.17. The van der Waals surface area contributed by atoms with Gasteiger partial charge in [0.05, 0.1) is 16.9 Å². The van der Waals surface area contributed by atoms with Gasteiger partial charge in [0, 0.05) is 39.5 Å². The van der Waals surface area contributed by atoms with Gasteiger partial charge < -0.3 is 15.4 Å². The lowest BCUT2D eigenvalue weighted by Crippen LogP contribution is -2.38. The lowest BCUT2D eigenvalue weighted by molar-refractivity contribution is -0.138. The lowest BCUT2D eigenvalue weighted by atomic mass is 10.1. The molecule has 0 saturated carbocycles. The van der Waals surface area contributed by atoms with Crippen molar-refractivity contribution in [2.45, 2.75) is 33.0 Å². The minimum absolute atomic E-state index is 0.00378. The van der Waals surface area contributed by atoms with E-state index in [1.807, 2.05) is 13.0 Å².